The van der Waals surface area contributed by atoms with E-state index in [9.17, 15) is 9.59 Å². The lowest BCUT2D eigenvalue weighted by Crippen LogP contribution is -2.40. The lowest BCUT2D eigenvalue weighted by molar-refractivity contribution is -0.124. The second kappa shape index (κ2) is 8.54. The van der Waals surface area contributed by atoms with Crippen LogP contribution in [0.15, 0.2) is 60.7 Å². The molecule has 2 aromatic carbocycles. The minimum absolute atomic E-state index is 0.148. The van der Waals surface area contributed by atoms with Crippen LogP contribution in [0.4, 0.5) is 4.79 Å². The maximum atomic E-state index is 12.4. The molecule has 0 aromatic heterocycles. The van der Waals surface area contributed by atoms with Crippen LogP contribution in [0.1, 0.15) is 25.0 Å². The first kappa shape index (κ1) is 18.7. The van der Waals surface area contributed by atoms with Gasteiger partial charge in [0.15, 0.2) is 0 Å². The summed E-state index contributed by atoms with van der Waals surface area (Å²) in [7, 11) is 0. The third kappa shape index (κ3) is 4.76. The SMILES string of the molecule is CC(C)[C@H]1COC(=O)N1C(=O)/C=C/c1ccc(OCc2ccccc2)cc1. The van der Waals surface area contributed by atoms with Crippen LogP contribution in [0.2, 0.25) is 0 Å². The van der Waals surface area contributed by atoms with Crippen LogP contribution in [0, 0.1) is 5.92 Å². The molecule has 1 fully saturated rings. The van der Waals surface area contributed by atoms with Crippen molar-refractivity contribution in [1.29, 1.82) is 0 Å². The zero-order valence-electron chi connectivity index (χ0n) is 15.5. The maximum Gasteiger partial charge on any atom is 0.417 e. The third-order valence-electron chi connectivity index (χ3n) is 4.46. The van der Waals surface area contributed by atoms with Gasteiger partial charge in [-0.05, 0) is 35.3 Å². The molecular weight excluding hydrogens is 342 g/mol. The maximum absolute atomic E-state index is 12.4. The molecule has 1 heterocycles. The Morgan fingerprint density at radius 1 is 1.19 bits per heavy atom. The second-order valence-electron chi connectivity index (χ2n) is 6.77. The highest BCUT2D eigenvalue weighted by molar-refractivity contribution is 6.02. The number of carbonyl (C=O) groups excluding carboxylic acids is 2. The lowest BCUT2D eigenvalue weighted by Gasteiger charge is -2.20. The number of rotatable bonds is 6. The van der Waals surface area contributed by atoms with Crippen LogP contribution < -0.4 is 4.74 Å². The van der Waals surface area contributed by atoms with Crippen molar-refractivity contribution in [2.45, 2.75) is 26.5 Å². The van der Waals surface area contributed by atoms with E-state index in [1.165, 1.54) is 11.0 Å². The van der Waals surface area contributed by atoms with Gasteiger partial charge < -0.3 is 9.47 Å². The number of hydrogen-bond donors (Lipinski definition) is 0. The molecule has 3 rings (SSSR count). The molecule has 0 aliphatic carbocycles. The summed E-state index contributed by atoms with van der Waals surface area (Å²) in [6.45, 7) is 4.68. The van der Waals surface area contributed by atoms with Crippen LogP contribution in [-0.4, -0.2) is 29.5 Å². The van der Waals surface area contributed by atoms with Crippen LogP contribution >= 0.6 is 0 Å². The molecule has 1 aliphatic heterocycles. The summed E-state index contributed by atoms with van der Waals surface area (Å²) >= 11 is 0. The van der Waals surface area contributed by atoms with Crippen molar-refractivity contribution >= 4 is 18.1 Å². The molecule has 2 aromatic rings. The summed E-state index contributed by atoms with van der Waals surface area (Å²) in [4.78, 5) is 25.4. The van der Waals surface area contributed by atoms with Gasteiger partial charge in [0.2, 0.25) is 0 Å². The Labute approximate surface area is 159 Å². The van der Waals surface area contributed by atoms with Gasteiger partial charge in [0.05, 0.1) is 6.04 Å². The molecule has 0 unspecified atom stereocenters. The molecular formula is C22H23NO4. The number of amides is 2. The van der Waals surface area contributed by atoms with Crippen molar-refractivity contribution in [3.63, 3.8) is 0 Å². The van der Waals surface area contributed by atoms with Gasteiger partial charge in [0.25, 0.3) is 5.91 Å². The summed E-state index contributed by atoms with van der Waals surface area (Å²) < 4.78 is 10.8. The third-order valence-corrected chi connectivity index (χ3v) is 4.46. The van der Waals surface area contributed by atoms with Crippen LogP contribution in [0.3, 0.4) is 0 Å². The van der Waals surface area contributed by atoms with E-state index >= 15 is 0 Å². The van der Waals surface area contributed by atoms with E-state index in [0.717, 1.165) is 16.9 Å². The van der Waals surface area contributed by atoms with E-state index in [2.05, 4.69) is 0 Å². The fraction of sp³-hybridized carbons (Fsp3) is 0.273. The summed E-state index contributed by atoms with van der Waals surface area (Å²) in [5.74, 6) is 0.542. The molecule has 140 valence electrons. The minimum atomic E-state index is -0.576. The quantitative estimate of drug-likeness (QED) is 0.717. The molecule has 27 heavy (non-hydrogen) atoms. The Morgan fingerprint density at radius 2 is 1.89 bits per heavy atom. The van der Waals surface area contributed by atoms with Gasteiger partial charge in [-0.25, -0.2) is 9.69 Å². The number of imide groups is 1. The van der Waals surface area contributed by atoms with Gasteiger partial charge in [0.1, 0.15) is 19.0 Å². The van der Waals surface area contributed by atoms with Crippen LogP contribution in [0.5, 0.6) is 5.75 Å². The molecule has 5 nitrogen and oxygen atoms in total. The predicted molar refractivity (Wildman–Crippen MR) is 103 cm³/mol. The first-order valence-corrected chi connectivity index (χ1v) is 8.99. The Balaban J connectivity index is 1.59. The van der Waals surface area contributed by atoms with E-state index in [1.807, 2.05) is 68.4 Å². The standard InChI is InChI=1S/C22H23NO4/c1-16(2)20-15-27-22(25)23(20)21(24)13-10-17-8-11-19(12-9-17)26-14-18-6-4-3-5-7-18/h3-13,16,20H,14-15H2,1-2H3/b13-10+/t20-/m1/s1. The van der Waals surface area contributed by atoms with E-state index < -0.39 is 6.09 Å². The molecule has 2 amide bonds. The van der Waals surface area contributed by atoms with Gasteiger partial charge in [-0.3, -0.25) is 4.79 Å². The number of ether oxygens (including phenoxy) is 2. The second-order valence-corrected chi connectivity index (χ2v) is 6.77. The zero-order chi connectivity index (χ0) is 19.2. The largest absolute Gasteiger partial charge is 0.489 e. The van der Waals surface area contributed by atoms with Gasteiger partial charge >= 0.3 is 6.09 Å². The fourth-order valence-electron chi connectivity index (χ4n) is 2.84. The number of nitrogens with zero attached hydrogens (tertiary/aromatic N) is 1. The van der Waals surface area contributed by atoms with E-state index in [0.29, 0.717) is 6.61 Å². The number of carbonyl (C=O) groups is 2. The summed E-state index contributed by atoms with van der Waals surface area (Å²) in [6.07, 6.45) is 2.52. The highest BCUT2D eigenvalue weighted by Gasteiger charge is 2.38. The average molecular weight is 365 g/mol. The van der Waals surface area contributed by atoms with Crippen LogP contribution in [-0.2, 0) is 16.1 Å². The molecule has 0 bridgehead atoms. The number of cyclic esters (lactones) is 1. The molecule has 1 atom stereocenters. The lowest BCUT2D eigenvalue weighted by atomic mass is 10.0. The Hall–Kier alpha value is -3.08. The van der Waals surface area contributed by atoms with Crippen molar-refractivity contribution in [1.82, 2.24) is 4.90 Å². The molecule has 0 saturated carbocycles. The Bertz CT molecular complexity index is 812. The normalized spacial score (nSPS) is 16.8. The molecule has 5 heteroatoms. The van der Waals surface area contributed by atoms with Crippen molar-refractivity contribution in [2.24, 2.45) is 5.92 Å². The number of hydrogen-bond acceptors (Lipinski definition) is 4. The van der Waals surface area contributed by atoms with Gasteiger partial charge in [-0.2, -0.15) is 0 Å². The van der Waals surface area contributed by atoms with Crippen molar-refractivity contribution in [3.8, 4) is 5.75 Å². The van der Waals surface area contributed by atoms with E-state index in [1.54, 1.807) is 6.08 Å². The summed E-state index contributed by atoms with van der Waals surface area (Å²) in [6, 6.07) is 17.2. The first-order chi connectivity index (χ1) is 13.0. The molecule has 0 spiro atoms. The summed E-state index contributed by atoms with van der Waals surface area (Å²) in [5.41, 5.74) is 1.95. The van der Waals surface area contributed by atoms with E-state index in [4.69, 9.17) is 9.47 Å². The van der Waals surface area contributed by atoms with Gasteiger partial charge in [-0.15, -0.1) is 0 Å². The highest BCUT2D eigenvalue weighted by atomic mass is 16.6. The minimum Gasteiger partial charge on any atom is -0.489 e. The van der Waals surface area contributed by atoms with Crippen molar-refractivity contribution < 1.29 is 19.1 Å². The fourth-order valence-corrected chi connectivity index (χ4v) is 2.84. The number of benzene rings is 2. The van der Waals surface area contributed by atoms with Crippen LogP contribution in [0.25, 0.3) is 6.08 Å². The molecule has 0 radical (unpaired) electrons. The molecule has 1 saturated heterocycles. The molecule has 1 aliphatic rings. The first-order valence-electron chi connectivity index (χ1n) is 8.99. The zero-order valence-corrected chi connectivity index (χ0v) is 15.5. The van der Waals surface area contributed by atoms with E-state index in [-0.39, 0.29) is 24.5 Å². The summed E-state index contributed by atoms with van der Waals surface area (Å²) in [5, 5.41) is 0. The smallest absolute Gasteiger partial charge is 0.417 e. The van der Waals surface area contributed by atoms with Gasteiger partial charge in [0, 0.05) is 6.08 Å². The predicted octanol–water partition coefficient (Wildman–Crippen LogP) is 4.28. The Morgan fingerprint density at radius 3 is 2.56 bits per heavy atom. The van der Waals surface area contributed by atoms with Crippen molar-refractivity contribution in [2.75, 3.05) is 6.61 Å². The highest BCUT2D eigenvalue weighted by Crippen LogP contribution is 2.20. The Kier molecular flexibility index (Phi) is 5.91. The monoisotopic (exact) mass is 365 g/mol. The van der Waals surface area contributed by atoms with Gasteiger partial charge in [-0.1, -0.05) is 56.3 Å². The van der Waals surface area contributed by atoms with Crippen molar-refractivity contribution in [3.05, 3.63) is 71.8 Å². The molecule has 0 N–H and O–H groups in total. The average Bonchev–Trinajstić information content (AvgIpc) is 3.08. The topological polar surface area (TPSA) is 55.8 Å².